The fraction of sp³-hybridized carbons (Fsp3) is 0.200. The zero-order valence-corrected chi connectivity index (χ0v) is 17.4. The first-order chi connectivity index (χ1) is 14.0. The minimum atomic E-state index is -0.239. The van der Waals surface area contributed by atoms with E-state index in [1.807, 2.05) is 38.1 Å². The monoisotopic (exact) mass is 427 g/mol. The molecule has 0 saturated heterocycles. The number of nitrogens with one attached hydrogen (secondary N) is 1. The van der Waals surface area contributed by atoms with Gasteiger partial charge in [0.05, 0.1) is 0 Å². The summed E-state index contributed by atoms with van der Waals surface area (Å²) in [5.41, 5.74) is 2.54. The van der Waals surface area contributed by atoms with Crippen LogP contribution in [0.5, 0.6) is 5.75 Å². The van der Waals surface area contributed by atoms with Crippen LogP contribution in [0.4, 0.5) is 5.69 Å². The summed E-state index contributed by atoms with van der Waals surface area (Å²) in [5, 5.41) is 17.1. The molecule has 29 heavy (non-hydrogen) atoms. The summed E-state index contributed by atoms with van der Waals surface area (Å²) < 4.78 is 7.29. The number of halogens is 1. The van der Waals surface area contributed by atoms with E-state index in [-0.39, 0.29) is 12.5 Å². The van der Waals surface area contributed by atoms with Crippen LogP contribution in [0.2, 0.25) is 5.02 Å². The number of anilines is 1. The van der Waals surface area contributed by atoms with Crippen LogP contribution < -0.4 is 10.1 Å². The summed E-state index contributed by atoms with van der Waals surface area (Å²) >= 11 is 7.47. The molecule has 0 aliphatic rings. The van der Waals surface area contributed by atoms with Crippen molar-refractivity contribution in [3.63, 3.8) is 0 Å². The number of aromatic nitrogens is 4. The Kier molecular flexibility index (Phi) is 5.46. The predicted molar refractivity (Wildman–Crippen MR) is 114 cm³/mol. The molecular formula is C20H18ClN5O2S. The third-order valence-electron chi connectivity index (χ3n) is 4.29. The first-order valence-electron chi connectivity index (χ1n) is 9.04. The molecule has 0 spiro atoms. The van der Waals surface area contributed by atoms with Gasteiger partial charge in [0.2, 0.25) is 4.96 Å². The van der Waals surface area contributed by atoms with Gasteiger partial charge in [-0.1, -0.05) is 29.9 Å². The Morgan fingerprint density at radius 3 is 2.72 bits per heavy atom. The number of fused-ring (bicyclic) bond motifs is 1. The molecule has 1 N–H and O–H groups in total. The lowest BCUT2D eigenvalue weighted by Crippen LogP contribution is -2.20. The lowest BCUT2D eigenvalue weighted by atomic mass is 10.2. The molecule has 1 amide bonds. The summed E-state index contributed by atoms with van der Waals surface area (Å²) in [6, 6.07) is 12.8. The first-order valence-corrected chi connectivity index (χ1v) is 10.2. The molecule has 0 bridgehead atoms. The average molecular weight is 428 g/mol. The molecule has 4 aromatic rings. The lowest BCUT2D eigenvalue weighted by Gasteiger charge is -2.09. The van der Waals surface area contributed by atoms with Crippen LogP contribution in [-0.4, -0.2) is 32.3 Å². The summed E-state index contributed by atoms with van der Waals surface area (Å²) in [6.07, 6.45) is 0.771. The first kappa shape index (κ1) is 19.4. The molecule has 9 heteroatoms. The molecule has 0 atom stereocenters. The molecule has 0 aliphatic carbocycles. The second kappa shape index (κ2) is 8.18. The van der Waals surface area contributed by atoms with Crippen molar-refractivity contribution in [2.75, 3.05) is 11.9 Å². The second-order valence-electron chi connectivity index (χ2n) is 6.40. The Bertz CT molecular complexity index is 1170. The van der Waals surface area contributed by atoms with Crippen LogP contribution in [0.1, 0.15) is 18.3 Å². The van der Waals surface area contributed by atoms with Crippen molar-refractivity contribution in [2.45, 2.75) is 20.3 Å². The molecule has 2 heterocycles. The largest absolute Gasteiger partial charge is 0.484 e. The van der Waals surface area contributed by atoms with E-state index in [1.165, 1.54) is 11.3 Å². The van der Waals surface area contributed by atoms with Gasteiger partial charge in [-0.25, -0.2) is 0 Å². The number of hydrogen-bond acceptors (Lipinski definition) is 6. The maximum absolute atomic E-state index is 12.2. The molecule has 0 saturated carbocycles. The van der Waals surface area contributed by atoms with Gasteiger partial charge in [0.1, 0.15) is 10.8 Å². The van der Waals surface area contributed by atoms with E-state index in [0.717, 1.165) is 33.3 Å². The van der Waals surface area contributed by atoms with E-state index in [0.29, 0.717) is 16.5 Å². The van der Waals surface area contributed by atoms with E-state index in [1.54, 1.807) is 22.7 Å². The van der Waals surface area contributed by atoms with Crippen molar-refractivity contribution in [3.8, 4) is 16.3 Å². The standard InChI is InChI=1S/C20H18ClN5O2S/c1-3-17-23-24-20-26(17)25-19(29-20)13-4-6-14(7-5-13)22-18(27)11-28-15-8-9-16(21)12(2)10-15/h4-10H,3,11H2,1-2H3,(H,22,27). The van der Waals surface area contributed by atoms with Gasteiger partial charge in [-0.3, -0.25) is 4.79 Å². The van der Waals surface area contributed by atoms with Gasteiger partial charge < -0.3 is 10.1 Å². The smallest absolute Gasteiger partial charge is 0.262 e. The zero-order valence-electron chi connectivity index (χ0n) is 15.8. The van der Waals surface area contributed by atoms with Gasteiger partial charge in [-0.2, -0.15) is 9.61 Å². The highest BCUT2D eigenvalue weighted by Crippen LogP contribution is 2.27. The van der Waals surface area contributed by atoms with Crippen LogP contribution >= 0.6 is 22.9 Å². The molecular weight excluding hydrogens is 410 g/mol. The van der Waals surface area contributed by atoms with Gasteiger partial charge in [-0.15, -0.1) is 10.2 Å². The van der Waals surface area contributed by atoms with Crippen molar-refractivity contribution in [2.24, 2.45) is 0 Å². The highest BCUT2D eigenvalue weighted by atomic mass is 35.5. The number of hydrogen-bond donors (Lipinski definition) is 1. The normalized spacial score (nSPS) is 11.0. The average Bonchev–Trinajstić information content (AvgIpc) is 3.30. The van der Waals surface area contributed by atoms with Crippen molar-refractivity contribution in [3.05, 3.63) is 58.9 Å². The summed E-state index contributed by atoms with van der Waals surface area (Å²) in [7, 11) is 0. The van der Waals surface area contributed by atoms with Gasteiger partial charge in [0.25, 0.3) is 5.91 Å². The van der Waals surface area contributed by atoms with Crippen LogP contribution in [0, 0.1) is 6.92 Å². The molecule has 0 radical (unpaired) electrons. The van der Waals surface area contributed by atoms with Crippen molar-refractivity contribution >= 4 is 39.5 Å². The number of carbonyl (C=O) groups is 1. The van der Waals surface area contributed by atoms with Gasteiger partial charge >= 0.3 is 0 Å². The molecule has 4 rings (SSSR count). The molecule has 0 unspecified atom stereocenters. The zero-order chi connectivity index (χ0) is 20.4. The van der Waals surface area contributed by atoms with E-state index < -0.39 is 0 Å². The summed E-state index contributed by atoms with van der Waals surface area (Å²) in [5.74, 6) is 1.20. The maximum atomic E-state index is 12.2. The number of nitrogens with zero attached hydrogens (tertiary/aromatic N) is 4. The highest BCUT2D eigenvalue weighted by molar-refractivity contribution is 7.19. The Hall–Kier alpha value is -2.97. The fourth-order valence-electron chi connectivity index (χ4n) is 2.74. The molecule has 0 fully saturated rings. The molecule has 0 aliphatic heterocycles. The number of amides is 1. The molecule has 7 nitrogen and oxygen atoms in total. The van der Waals surface area contributed by atoms with Crippen LogP contribution in [-0.2, 0) is 11.2 Å². The van der Waals surface area contributed by atoms with Crippen molar-refractivity contribution in [1.29, 1.82) is 0 Å². The van der Waals surface area contributed by atoms with Crippen molar-refractivity contribution < 1.29 is 9.53 Å². The molecule has 148 valence electrons. The molecule has 2 aromatic heterocycles. The number of ether oxygens (including phenoxy) is 1. The van der Waals surface area contributed by atoms with Gasteiger partial charge in [0, 0.05) is 22.7 Å². The third kappa shape index (κ3) is 4.23. The number of benzene rings is 2. The van der Waals surface area contributed by atoms with E-state index in [4.69, 9.17) is 16.3 Å². The highest BCUT2D eigenvalue weighted by Gasteiger charge is 2.12. The summed E-state index contributed by atoms with van der Waals surface area (Å²) in [4.78, 5) is 12.9. The van der Waals surface area contributed by atoms with E-state index >= 15 is 0 Å². The number of carbonyl (C=O) groups excluding carboxylic acids is 1. The van der Waals surface area contributed by atoms with Crippen LogP contribution in [0.15, 0.2) is 42.5 Å². The number of rotatable bonds is 6. The van der Waals surface area contributed by atoms with Gasteiger partial charge in [-0.05, 0) is 55.0 Å². The Labute approximate surface area is 176 Å². The number of aryl methyl sites for hydroxylation is 2. The quantitative estimate of drug-likeness (QED) is 0.493. The minimum Gasteiger partial charge on any atom is -0.484 e. The minimum absolute atomic E-state index is 0.0840. The Morgan fingerprint density at radius 1 is 1.21 bits per heavy atom. The predicted octanol–water partition coefficient (Wildman–Crippen LogP) is 4.39. The fourth-order valence-corrected chi connectivity index (χ4v) is 3.72. The SMILES string of the molecule is CCc1nnc2sc(-c3ccc(NC(=O)COc4ccc(Cl)c(C)c4)cc3)nn12. The van der Waals surface area contributed by atoms with Gasteiger partial charge in [0.15, 0.2) is 12.4 Å². The van der Waals surface area contributed by atoms with Crippen molar-refractivity contribution in [1.82, 2.24) is 19.8 Å². The van der Waals surface area contributed by atoms with Crippen LogP contribution in [0.25, 0.3) is 15.5 Å². The third-order valence-corrected chi connectivity index (χ3v) is 5.66. The lowest BCUT2D eigenvalue weighted by molar-refractivity contribution is -0.118. The van der Waals surface area contributed by atoms with Crippen LogP contribution in [0.3, 0.4) is 0 Å². The van der Waals surface area contributed by atoms with E-state index in [2.05, 4.69) is 20.6 Å². The molecule has 2 aromatic carbocycles. The maximum Gasteiger partial charge on any atom is 0.262 e. The summed E-state index contributed by atoms with van der Waals surface area (Å²) in [6.45, 7) is 3.82. The Balaban J connectivity index is 1.38. The second-order valence-corrected chi connectivity index (χ2v) is 7.76. The Morgan fingerprint density at radius 2 is 2.00 bits per heavy atom. The topological polar surface area (TPSA) is 81.4 Å². The van der Waals surface area contributed by atoms with E-state index in [9.17, 15) is 4.79 Å².